The SMILES string of the molecule is CC(C)(C)c1cc([C@H]2Oc3cc(O)cc(O)c3[C@H](O)[C@H]2O)cc(C(C)(C)C)c1O. The first-order valence-corrected chi connectivity index (χ1v) is 9.68. The number of hydrogen-bond donors (Lipinski definition) is 5. The summed E-state index contributed by atoms with van der Waals surface area (Å²) in [5, 5.41) is 52.2. The van der Waals surface area contributed by atoms with Crippen LogP contribution in [0.3, 0.4) is 0 Å². The van der Waals surface area contributed by atoms with Crippen LogP contribution in [0.4, 0.5) is 0 Å². The van der Waals surface area contributed by atoms with Gasteiger partial charge in [0, 0.05) is 12.1 Å². The Bertz CT molecular complexity index is 901. The average molecular weight is 402 g/mol. The molecule has 6 nitrogen and oxygen atoms in total. The maximum absolute atomic E-state index is 10.9. The van der Waals surface area contributed by atoms with Gasteiger partial charge < -0.3 is 30.3 Å². The fourth-order valence-corrected chi connectivity index (χ4v) is 3.77. The van der Waals surface area contributed by atoms with Crippen LogP contribution in [0.15, 0.2) is 24.3 Å². The predicted octanol–water partition coefficient (Wildman–Crippen LogP) is 3.93. The molecule has 2 aromatic rings. The van der Waals surface area contributed by atoms with Crippen LogP contribution >= 0.6 is 0 Å². The van der Waals surface area contributed by atoms with Gasteiger partial charge in [0.15, 0.2) is 6.10 Å². The van der Waals surface area contributed by atoms with Gasteiger partial charge >= 0.3 is 0 Å². The molecule has 6 heteroatoms. The van der Waals surface area contributed by atoms with Crippen molar-refractivity contribution >= 4 is 0 Å². The van der Waals surface area contributed by atoms with Crippen LogP contribution in [-0.2, 0) is 10.8 Å². The second-order valence-corrected chi connectivity index (χ2v) is 9.82. The number of fused-ring (bicyclic) bond motifs is 1. The third-order valence-corrected chi connectivity index (χ3v) is 5.37. The highest BCUT2D eigenvalue weighted by molar-refractivity contribution is 5.54. The molecule has 158 valence electrons. The molecule has 1 aliphatic heterocycles. The van der Waals surface area contributed by atoms with E-state index in [2.05, 4.69) is 0 Å². The van der Waals surface area contributed by atoms with Crippen LogP contribution in [0.1, 0.15) is 76.0 Å². The Labute approximate surface area is 171 Å². The summed E-state index contributed by atoms with van der Waals surface area (Å²) in [6, 6.07) is 5.94. The highest BCUT2D eigenvalue weighted by Gasteiger charge is 2.40. The molecule has 1 aliphatic rings. The number of aliphatic hydroxyl groups excluding tert-OH is 2. The first kappa shape index (κ1) is 21.3. The molecule has 1 heterocycles. The first-order valence-electron chi connectivity index (χ1n) is 9.68. The van der Waals surface area contributed by atoms with E-state index >= 15 is 0 Å². The summed E-state index contributed by atoms with van der Waals surface area (Å²) in [6.07, 6.45) is -3.68. The third-order valence-electron chi connectivity index (χ3n) is 5.37. The van der Waals surface area contributed by atoms with E-state index in [-0.39, 0.29) is 39.4 Å². The lowest BCUT2D eigenvalue weighted by Crippen LogP contribution is -2.35. The topological polar surface area (TPSA) is 110 Å². The largest absolute Gasteiger partial charge is 0.508 e. The molecule has 3 atom stereocenters. The molecule has 5 N–H and O–H groups in total. The Morgan fingerprint density at radius 2 is 1.31 bits per heavy atom. The molecule has 2 aromatic carbocycles. The fraction of sp³-hybridized carbons (Fsp3) is 0.478. The first-order chi connectivity index (χ1) is 13.2. The smallest absolute Gasteiger partial charge is 0.152 e. The van der Waals surface area contributed by atoms with Crippen LogP contribution in [0.2, 0.25) is 0 Å². The molecule has 0 spiro atoms. The van der Waals surface area contributed by atoms with Gasteiger partial charge in [-0.1, -0.05) is 41.5 Å². The standard InChI is InChI=1S/C23H30O6/c1-22(2,3)13-7-11(8-14(18(13)26)23(4,5)6)21-20(28)19(27)17-15(25)9-12(24)10-16(17)29-21/h7-10,19-21,24-28H,1-6H3/t19-,20+,21+/m0/s1. The van der Waals surface area contributed by atoms with Crippen LogP contribution in [0.5, 0.6) is 23.0 Å². The van der Waals surface area contributed by atoms with Gasteiger partial charge in [-0.25, -0.2) is 0 Å². The Morgan fingerprint density at radius 1 is 0.793 bits per heavy atom. The minimum absolute atomic E-state index is 0.0393. The minimum Gasteiger partial charge on any atom is -0.508 e. The summed E-state index contributed by atoms with van der Waals surface area (Å²) < 4.78 is 5.93. The van der Waals surface area contributed by atoms with Crippen LogP contribution in [-0.4, -0.2) is 31.6 Å². The van der Waals surface area contributed by atoms with E-state index in [9.17, 15) is 25.5 Å². The number of ether oxygens (including phenoxy) is 1. The lowest BCUT2D eigenvalue weighted by atomic mass is 9.77. The Morgan fingerprint density at radius 3 is 1.79 bits per heavy atom. The van der Waals surface area contributed by atoms with Gasteiger partial charge in [-0.15, -0.1) is 0 Å². The summed E-state index contributed by atoms with van der Waals surface area (Å²) in [5.74, 6) is -0.246. The molecule has 0 fully saturated rings. The van der Waals surface area contributed by atoms with Gasteiger partial charge in [0.25, 0.3) is 0 Å². The molecule has 0 aliphatic carbocycles. The Kier molecular flexibility index (Phi) is 5.00. The normalized spacial score (nSPS) is 22.1. The van der Waals surface area contributed by atoms with Crippen molar-refractivity contribution in [3.05, 3.63) is 46.5 Å². The molecule has 0 radical (unpaired) electrons. The zero-order valence-electron chi connectivity index (χ0n) is 17.7. The van der Waals surface area contributed by atoms with Crippen molar-refractivity contribution < 1.29 is 30.3 Å². The molecule has 0 unspecified atom stereocenters. The highest BCUT2D eigenvalue weighted by atomic mass is 16.5. The second-order valence-electron chi connectivity index (χ2n) is 9.82. The van der Waals surface area contributed by atoms with E-state index in [1.54, 1.807) is 12.1 Å². The maximum atomic E-state index is 10.9. The number of phenols is 3. The van der Waals surface area contributed by atoms with Crippen molar-refractivity contribution in [3.8, 4) is 23.0 Å². The molecule has 0 amide bonds. The highest BCUT2D eigenvalue weighted by Crippen LogP contribution is 2.48. The summed E-state index contributed by atoms with van der Waals surface area (Å²) in [7, 11) is 0. The van der Waals surface area contributed by atoms with Crippen LogP contribution in [0.25, 0.3) is 0 Å². The van der Waals surface area contributed by atoms with Gasteiger partial charge in [-0.3, -0.25) is 0 Å². The molecule has 0 aromatic heterocycles. The average Bonchev–Trinajstić information content (AvgIpc) is 2.55. The van der Waals surface area contributed by atoms with Crippen molar-refractivity contribution in [1.82, 2.24) is 0 Å². The lowest BCUT2D eigenvalue weighted by molar-refractivity contribution is -0.0711. The number of aliphatic hydroxyl groups is 2. The molecule has 0 bridgehead atoms. The molecule has 0 saturated heterocycles. The van der Waals surface area contributed by atoms with Gasteiger partial charge in [-0.2, -0.15) is 0 Å². The van der Waals surface area contributed by atoms with E-state index in [1.807, 2.05) is 41.5 Å². The number of hydrogen-bond acceptors (Lipinski definition) is 6. The zero-order valence-corrected chi connectivity index (χ0v) is 17.7. The van der Waals surface area contributed by atoms with Crippen molar-refractivity contribution in [3.63, 3.8) is 0 Å². The van der Waals surface area contributed by atoms with E-state index in [0.717, 1.165) is 6.07 Å². The molecular weight excluding hydrogens is 372 g/mol. The summed E-state index contributed by atoms with van der Waals surface area (Å²) in [5.41, 5.74) is 1.30. The van der Waals surface area contributed by atoms with Gasteiger partial charge in [0.2, 0.25) is 0 Å². The molecule has 29 heavy (non-hydrogen) atoms. The molecule has 0 saturated carbocycles. The number of aromatic hydroxyl groups is 3. The number of phenolic OH excluding ortho intramolecular Hbond substituents is 3. The van der Waals surface area contributed by atoms with Crippen LogP contribution < -0.4 is 4.74 Å². The van der Waals surface area contributed by atoms with Crippen LogP contribution in [0, 0.1) is 0 Å². The lowest BCUT2D eigenvalue weighted by Gasteiger charge is -2.36. The zero-order chi connectivity index (χ0) is 21.9. The fourth-order valence-electron chi connectivity index (χ4n) is 3.77. The Hall–Kier alpha value is -2.44. The number of rotatable bonds is 1. The summed E-state index contributed by atoms with van der Waals surface area (Å²) in [6.45, 7) is 11.9. The van der Waals surface area contributed by atoms with E-state index in [0.29, 0.717) is 16.7 Å². The number of benzene rings is 2. The van der Waals surface area contributed by atoms with Crippen molar-refractivity contribution in [2.75, 3.05) is 0 Å². The van der Waals surface area contributed by atoms with Crippen molar-refractivity contribution in [1.29, 1.82) is 0 Å². The minimum atomic E-state index is -1.39. The summed E-state index contributed by atoms with van der Waals surface area (Å²) >= 11 is 0. The quantitative estimate of drug-likeness (QED) is 0.494. The van der Waals surface area contributed by atoms with E-state index in [4.69, 9.17) is 4.74 Å². The maximum Gasteiger partial charge on any atom is 0.152 e. The second kappa shape index (κ2) is 6.82. The van der Waals surface area contributed by atoms with Crippen molar-refractivity contribution in [2.24, 2.45) is 0 Å². The van der Waals surface area contributed by atoms with Gasteiger partial charge in [0.05, 0.1) is 5.56 Å². The molecule has 3 rings (SSSR count). The summed E-state index contributed by atoms with van der Waals surface area (Å²) in [4.78, 5) is 0. The van der Waals surface area contributed by atoms with Gasteiger partial charge in [-0.05, 0) is 39.7 Å². The third kappa shape index (κ3) is 3.74. The predicted molar refractivity (Wildman–Crippen MR) is 110 cm³/mol. The van der Waals surface area contributed by atoms with Gasteiger partial charge in [0.1, 0.15) is 35.2 Å². The van der Waals surface area contributed by atoms with Crippen molar-refractivity contribution in [2.45, 2.75) is 70.7 Å². The monoisotopic (exact) mass is 402 g/mol. The van der Waals surface area contributed by atoms with E-state index < -0.39 is 18.3 Å². The molecular formula is C23H30O6. The van der Waals surface area contributed by atoms with E-state index in [1.165, 1.54) is 6.07 Å². The Balaban J connectivity index is 2.20.